The van der Waals surface area contributed by atoms with Crippen LogP contribution in [0.3, 0.4) is 0 Å². The van der Waals surface area contributed by atoms with Crippen molar-refractivity contribution >= 4 is 29.4 Å². The second-order valence-corrected chi connectivity index (χ2v) is 5.65. The Morgan fingerprint density at radius 2 is 1.90 bits per heavy atom. The van der Waals surface area contributed by atoms with Crippen LogP contribution in [0.5, 0.6) is 0 Å². The predicted molar refractivity (Wildman–Crippen MR) is 86.5 cm³/mol. The van der Waals surface area contributed by atoms with Gasteiger partial charge in [-0.1, -0.05) is 45.0 Å². The average Bonchev–Trinajstić information content (AvgIpc) is 2.42. The van der Waals surface area contributed by atoms with Crippen LogP contribution >= 0.6 is 0 Å². The van der Waals surface area contributed by atoms with Gasteiger partial charge in [0.25, 0.3) is 0 Å². The number of pyridine rings is 1. The van der Waals surface area contributed by atoms with Crippen molar-refractivity contribution in [3.63, 3.8) is 0 Å². The zero-order chi connectivity index (χ0) is 14.6. The van der Waals surface area contributed by atoms with Gasteiger partial charge in [0, 0.05) is 28.9 Å². The van der Waals surface area contributed by atoms with E-state index in [1.54, 1.807) is 0 Å². The molecule has 0 aliphatic carbocycles. The molecule has 0 radical (unpaired) electrons. The molecule has 1 heterocycles. The van der Waals surface area contributed by atoms with Crippen LogP contribution in [0.4, 0.5) is 0 Å². The van der Waals surface area contributed by atoms with Crippen LogP contribution < -0.4 is 0 Å². The normalized spacial score (nSPS) is 13.1. The Labute approximate surface area is 119 Å². The zero-order valence-electron chi connectivity index (χ0n) is 12.1. The van der Waals surface area contributed by atoms with Crippen molar-refractivity contribution in [1.82, 2.24) is 4.98 Å². The summed E-state index contributed by atoms with van der Waals surface area (Å²) in [5, 5.41) is 8.20. The lowest BCUT2D eigenvalue weighted by atomic mass is 9.91. The second-order valence-electron chi connectivity index (χ2n) is 5.65. The number of rotatable bonds is 3. The van der Waals surface area contributed by atoms with Gasteiger partial charge in [-0.3, -0.25) is 4.99 Å². The smallest absolute Gasteiger partial charge is 0.0709 e. The number of aromatic nitrogens is 1. The van der Waals surface area contributed by atoms with Crippen LogP contribution in [0.1, 0.15) is 26.5 Å². The van der Waals surface area contributed by atoms with E-state index in [1.807, 2.05) is 36.4 Å². The Morgan fingerprint density at radius 3 is 2.60 bits per heavy atom. The molecule has 0 spiro atoms. The fourth-order valence-corrected chi connectivity index (χ4v) is 1.87. The first-order valence-electron chi connectivity index (χ1n) is 6.62. The highest BCUT2D eigenvalue weighted by atomic mass is 14.8. The van der Waals surface area contributed by atoms with Gasteiger partial charge in [-0.15, -0.1) is 0 Å². The van der Waals surface area contributed by atoms with Gasteiger partial charge in [-0.05, 0) is 18.2 Å². The molecule has 0 unspecified atom stereocenters. The first-order valence-corrected chi connectivity index (χ1v) is 6.62. The predicted octanol–water partition coefficient (Wildman–Crippen LogP) is 4.34. The highest BCUT2D eigenvalue weighted by Crippen LogP contribution is 2.28. The number of nitrogens with one attached hydrogen (secondary N) is 1. The van der Waals surface area contributed by atoms with Crippen molar-refractivity contribution in [2.45, 2.75) is 20.8 Å². The minimum atomic E-state index is -0.0904. The summed E-state index contributed by atoms with van der Waals surface area (Å²) in [4.78, 5) is 8.97. The van der Waals surface area contributed by atoms with Gasteiger partial charge < -0.3 is 5.41 Å². The Balaban J connectivity index is 2.47. The van der Waals surface area contributed by atoms with Crippen LogP contribution in [0.2, 0.25) is 0 Å². The summed E-state index contributed by atoms with van der Waals surface area (Å²) in [5.41, 5.74) is 2.68. The van der Waals surface area contributed by atoms with E-state index in [9.17, 15) is 0 Å². The highest BCUT2D eigenvalue weighted by molar-refractivity contribution is 6.14. The van der Waals surface area contributed by atoms with E-state index in [0.29, 0.717) is 0 Å². The summed E-state index contributed by atoms with van der Waals surface area (Å²) in [6.45, 7) is 6.30. The maximum Gasteiger partial charge on any atom is 0.0709 e. The molecule has 1 N–H and O–H groups in total. The maximum atomic E-state index is 7.07. The van der Waals surface area contributed by atoms with E-state index in [1.165, 1.54) is 12.4 Å². The van der Waals surface area contributed by atoms with Gasteiger partial charge in [0.1, 0.15) is 0 Å². The number of allylic oxidation sites excluding steroid dienone is 1. The molecule has 1 aromatic carbocycles. The lowest BCUT2D eigenvalue weighted by molar-refractivity contribution is 0.503. The number of benzene rings is 1. The maximum absolute atomic E-state index is 7.07. The van der Waals surface area contributed by atoms with E-state index >= 15 is 0 Å². The number of hydrogen-bond acceptors (Lipinski definition) is 3. The first-order chi connectivity index (χ1) is 9.50. The molecule has 0 aliphatic heterocycles. The second kappa shape index (κ2) is 5.78. The van der Waals surface area contributed by atoms with E-state index in [-0.39, 0.29) is 5.41 Å². The lowest BCUT2D eigenvalue weighted by Gasteiger charge is -2.19. The van der Waals surface area contributed by atoms with Crippen molar-refractivity contribution in [1.29, 1.82) is 5.41 Å². The van der Waals surface area contributed by atoms with Crippen LogP contribution in [-0.4, -0.2) is 17.4 Å². The summed E-state index contributed by atoms with van der Waals surface area (Å²) in [6.07, 6.45) is 4.66. The number of aliphatic imine (C=N–C) groups is 1. The third-order valence-electron chi connectivity index (χ3n) is 2.96. The minimum Gasteiger partial charge on any atom is -0.307 e. The highest BCUT2D eigenvalue weighted by Gasteiger charge is 2.16. The SMILES string of the molecule is CC(C)(C)/C(=C/c1ccc2ccccc2n1)N=CC=N. The van der Waals surface area contributed by atoms with Gasteiger partial charge >= 0.3 is 0 Å². The van der Waals surface area contributed by atoms with Crippen LogP contribution in [-0.2, 0) is 0 Å². The quantitative estimate of drug-likeness (QED) is 0.824. The van der Waals surface area contributed by atoms with Crippen LogP contribution in [0.25, 0.3) is 17.0 Å². The third-order valence-corrected chi connectivity index (χ3v) is 2.96. The standard InChI is InChI=1S/C17H19N3/c1-17(2,3)16(19-11-10-18)12-14-9-8-13-6-4-5-7-15(13)20-14/h4-12,18H,1-3H3/b16-12-,18-10?,19-11?. The Morgan fingerprint density at radius 1 is 1.15 bits per heavy atom. The molecule has 3 nitrogen and oxygen atoms in total. The largest absolute Gasteiger partial charge is 0.307 e. The van der Waals surface area contributed by atoms with Gasteiger partial charge in [0.05, 0.1) is 11.2 Å². The van der Waals surface area contributed by atoms with E-state index < -0.39 is 0 Å². The van der Waals surface area contributed by atoms with Gasteiger partial charge in [-0.25, -0.2) is 4.98 Å². The molecule has 2 rings (SSSR count). The summed E-state index contributed by atoms with van der Waals surface area (Å²) in [5.74, 6) is 0. The summed E-state index contributed by atoms with van der Waals surface area (Å²) in [7, 11) is 0. The van der Waals surface area contributed by atoms with Crippen molar-refractivity contribution in [2.75, 3.05) is 0 Å². The number of fused-ring (bicyclic) bond motifs is 1. The molecule has 102 valence electrons. The van der Waals surface area contributed by atoms with E-state index in [2.05, 4.69) is 36.8 Å². The van der Waals surface area contributed by atoms with Gasteiger partial charge in [0.15, 0.2) is 0 Å². The monoisotopic (exact) mass is 265 g/mol. The molecular formula is C17H19N3. The molecule has 20 heavy (non-hydrogen) atoms. The summed E-state index contributed by atoms with van der Waals surface area (Å²) >= 11 is 0. The molecule has 2 aromatic rings. The molecule has 0 atom stereocenters. The molecular weight excluding hydrogens is 246 g/mol. The van der Waals surface area contributed by atoms with E-state index in [0.717, 1.165) is 22.3 Å². The van der Waals surface area contributed by atoms with Crippen LogP contribution in [0, 0.1) is 10.8 Å². The Bertz CT molecular complexity index is 676. The molecule has 0 saturated carbocycles. The van der Waals surface area contributed by atoms with Crippen molar-refractivity contribution < 1.29 is 0 Å². The molecule has 3 heteroatoms. The zero-order valence-corrected chi connectivity index (χ0v) is 12.1. The van der Waals surface area contributed by atoms with Gasteiger partial charge in [-0.2, -0.15) is 0 Å². The van der Waals surface area contributed by atoms with Gasteiger partial charge in [0.2, 0.25) is 0 Å². The summed E-state index contributed by atoms with van der Waals surface area (Å²) < 4.78 is 0. The fraction of sp³-hybridized carbons (Fsp3) is 0.235. The van der Waals surface area contributed by atoms with Crippen LogP contribution in [0.15, 0.2) is 47.1 Å². The summed E-state index contributed by atoms with van der Waals surface area (Å²) in [6, 6.07) is 12.1. The molecule has 0 amide bonds. The average molecular weight is 265 g/mol. The molecule has 0 aliphatic rings. The Hall–Kier alpha value is -2.29. The number of hydrogen-bond donors (Lipinski definition) is 1. The first kappa shape index (κ1) is 14.1. The molecule has 1 aromatic heterocycles. The third kappa shape index (κ3) is 3.38. The number of nitrogens with zero attached hydrogens (tertiary/aromatic N) is 2. The molecule has 0 fully saturated rings. The molecule has 0 bridgehead atoms. The topological polar surface area (TPSA) is 49.1 Å². The molecule has 0 saturated heterocycles. The fourth-order valence-electron chi connectivity index (χ4n) is 1.87. The minimum absolute atomic E-state index is 0.0904. The Kier molecular flexibility index (Phi) is 4.08. The van der Waals surface area contributed by atoms with Crippen molar-refractivity contribution in [3.8, 4) is 0 Å². The number of para-hydroxylation sites is 1. The van der Waals surface area contributed by atoms with Crippen molar-refractivity contribution in [2.24, 2.45) is 10.4 Å². The lowest BCUT2D eigenvalue weighted by Crippen LogP contribution is -2.08. The van der Waals surface area contributed by atoms with Crippen molar-refractivity contribution in [3.05, 3.63) is 47.8 Å². The van der Waals surface area contributed by atoms with E-state index in [4.69, 9.17) is 5.41 Å².